The maximum absolute atomic E-state index is 5.51. The first kappa shape index (κ1) is 23.0. The molecular weight excluding hydrogens is 415 g/mol. The highest BCUT2D eigenvalue weighted by Crippen LogP contribution is 2.27. The number of rotatable bonds is 7. The van der Waals surface area contributed by atoms with Crippen molar-refractivity contribution in [3.05, 3.63) is 29.8 Å². The molecule has 6 heteroatoms. The Balaban J connectivity index is 0.00000529. The molecule has 0 saturated carbocycles. The molecule has 0 aliphatic rings. The highest BCUT2D eigenvalue weighted by Gasteiger charge is 2.19. The van der Waals surface area contributed by atoms with Gasteiger partial charge in [-0.1, -0.05) is 32.0 Å². The minimum atomic E-state index is 0. The third-order valence-electron chi connectivity index (χ3n) is 4.17. The van der Waals surface area contributed by atoms with Gasteiger partial charge in [0, 0.05) is 25.2 Å². The molecule has 0 aliphatic heterocycles. The van der Waals surface area contributed by atoms with E-state index >= 15 is 0 Å². The topological polar surface area (TPSA) is 48.9 Å². The number of benzene rings is 1. The van der Waals surface area contributed by atoms with Gasteiger partial charge >= 0.3 is 0 Å². The average Bonchev–Trinajstić information content (AvgIpc) is 2.53. The lowest BCUT2D eigenvalue weighted by molar-refractivity contribution is 0.287. The molecule has 2 atom stereocenters. The van der Waals surface area contributed by atoms with Crippen molar-refractivity contribution in [3.8, 4) is 5.75 Å². The van der Waals surface area contributed by atoms with Crippen LogP contribution in [0.4, 0.5) is 0 Å². The fraction of sp³-hybridized carbons (Fsp3) is 0.611. The lowest BCUT2D eigenvalue weighted by Gasteiger charge is -2.28. The summed E-state index contributed by atoms with van der Waals surface area (Å²) >= 11 is 0. The van der Waals surface area contributed by atoms with Crippen LogP contribution in [0, 0.1) is 5.92 Å². The molecule has 0 aromatic heterocycles. The molecule has 0 aliphatic carbocycles. The Labute approximate surface area is 164 Å². The molecule has 24 heavy (non-hydrogen) atoms. The van der Waals surface area contributed by atoms with Gasteiger partial charge < -0.3 is 20.3 Å². The molecule has 5 nitrogen and oxygen atoms in total. The summed E-state index contributed by atoms with van der Waals surface area (Å²) in [5.41, 5.74) is 1.17. The summed E-state index contributed by atoms with van der Waals surface area (Å²) in [4.78, 5) is 6.51. The second kappa shape index (κ2) is 11.5. The summed E-state index contributed by atoms with van der Waals surface area (Å²) in [6.07, 6.45) is 0. The van der Waals surface area contributed by atoms with Crippen molar-refractivity contribution in [2.24, 2.45) is 10.9 Å². The Kier molecular flexibility index (Phi) is 11.0. The number of methoxy groups -OCH3 is 1. The molecule has 0 saturated heterocycles. The second-order valence-electron chi connectivity index (χ2n) is 6.35. The molecule has 2 N–H and O–H groups in total. The van der Waals surface area contributed by atoms with E-state index in [4.69, 9.17) is 4.74 Å². The fourth-order valence-corrected chi connectivity index (χ4v) is 2.28. The van der Waals surface area contributed by atoms with E-state index in [1.165, 1.54) is 5.56 Å². The van der Waals surface area contributed by atoms with Crippen molar-refractivity contribution in [3.63, 3.8) is 0 Å². The molecule has 1 aromatic rings. The number of hydrogen-bond donors (Lipinski definition) is 2. The summed E-state index contributed by atoms with van der Waals surface area (Å²) in [6, 6.07) is 8.71. The maximum Gasteiger partial charge on any atom is 0.191 e. The van der Waals surface area contributed by atoms with E-state index in [1.807, 2.05) is 18.2 Å². The van der Waals surface area contributed by atoms with E-state index in [-0.39, 0.29) is 30.0 Å². The van der Waals surface area contributed by atoms with Gasteiger partial charge in [0.1, 0.15) is 5.75 Å². The number of halogens is 1. The van der Waals surface area contributed by atoms with Crippen molar-refractivity contribution < 1.29 is 4.74 Å². The van der Waals surface area contributed by atoms with Crippen LogP contribution in [0.25, 0.3) is 0 Å². The number of nitrogens with zero attached hydrogens (tertiary/aromatic N) is 2. The molecular formula is C18H33IN4O. The summed E-state index contributed by atoms with van der Waals surface area (Å²) in [6.45, 7) is 7.31. The maximum atomic E-state index is 5.51. The summed E-state index contributed by atoms with van der Waals surface area (Å²) in [7, 11) is 7.66. The van der Waals surface area contributed by atoms with Gasteiger partial charge in [-0.2, -0.15) is 0 Å². The summed E-state index contributed by atoms with van der Waals surface area (Å²) in [5.74, 6) is 2.28. The number of likely N-dealkylation sites (N-methyl/N-ethyl adjacent to an activating group) is 1. The number of nitrogens with one attached hydrogen (secondary N) is 2. The SMILES string of the molecule is CN=C(NCC(c1ccccc1OC)N(C)C)NC(C)C(C)C.I. The zero-order valence-corrected chi connectivity index (χ0v) is 18.3. The molecule has 2 unspecified atom stereocenters. The number of guanidine groups is 1. The standard InChI is InChI=1S/C18H32N4O.HI/c1-13(2)14(3)21-18(19-4)20-12-16(22(5)6)15-10-8-9-11-17(15)23-7;/h8-11,13-14,16H,12H2,1-7H3,(H2,19,20,21);1H. The fourth-order valence-electron chi connectivity index (χ4n) is 2.28. The minimum absolute atomic E-state index is 0. The molecule has 138 valence electrons. The zero-order valence-electron chi connectivity index (χ0n) is 16.0. The predicted molar refractivity (Wildman–Crippen MR) is 114 cm³/mol. The molecule has 0 amide bonds. The average molecular weight is 448 g/mol. The van der Waals surface area contributed by atoms with Crippen LogP contribution in [0.2, 0.25) is 0 Å². The number of ether oxygens (including phenoxy) is 1. The van der Waals surface area contributed by atoms with Crippen molar-refractivity contribution in [1.29, 1.82) is 0 Å². The van der Waals surface area contributed by atoms with Crippen LogP contribution < -0.4 is 15.4 Å². The van der Waals surface area contributed by atoms with Crippen LogP contribution in [-0.2, 0) is 0 Å². The first-order valence-electron chi connectivity index (χ1n) is 8.17. The molecule has 0 bridgehead atoms. The third kappa shape index (κ3) is 6.84. The molecule has 0 radical (unpaired) electrons. The van der Waals surface area contributed by atoms with E-state index in [1.54, 1.807) is 14.2 Å². The Morgan fingerprint density at radius 3 is 2.33 bits per heavy atom. The lowest BCUT2D eigenvalue weighted by atomic mass is 10.0. The third-order valence-corrected chi connectivity index (χ3v) is 4.17. The highest BCUT2D eigenvalue weighted by atomic mass is 127. The molecule has 0 heterocycles. The molecule has 1 rings (SSSR count). The minimum Gasteiger partial charge on any atom is -0.496 e. The van der Waals surface area contributed by atoms with E-state index in [0.29, 0.717) is 12.0 Å². The number of hydrogen-bond acceptors (Lipinski definition) is 3. The van der Waals surface area contributed by atoms with Crippen LogP contribution in [-0.4, -0.2) is 51.7 Å². The van der Waals surface area contributed by atoms with Crippen molar-refractivity contribution in [2.45, 2.75) is 32.9 Å². The smallest absolute Gasteiger partial charge is 0.191 e. The van der Waals surface area contributed by atoms with Crippen LogP contribution in [0.5, 0.6) is 5.75 Å². The van der Waals surface area contributed by atoms with E-state index in [2.05, 4.69) is 61.5 Å². The van der Waals surface area contributed by atoms with E-state index in [0.717, 1.165) is 18.3 Å². The Bertz CT molecular complexity index is 506. The van der Waals surface area contributed by atoms with Crippen molar-refractivity contribution >= 4 is 29.9 Å². The van der Waals surface area contributed by atoms with Gasteiger partial charge in [0.15, 0.2) is 5.96 Å². The lowest BCUT2D eigenvalue weighted by Crippen LogP contribution is -2.46. The summed E-state index contributed by atoms with van der Waals surface area (Å²) in [5, 5.41) is 6.86. The van der Waals surface area contributed by atoms with Crippen LogP contribution in [0.1, 0.15) is 32.4 Å². The van der Waals surface area contributed by atoms with Gasteiger partial charge in [0.25, 0.3) is 0 Å². The molecule has 0 spiro atoms. The van der Waals surface area contributed by atoms with Crippen LogP contribution >= 0.6 is 24.0 Å². The normalized spacial score (nSPS) is 14.1. The van der Waals surface area contributed by atoms with Crippen molar-refractivity contribution in [1.82, 2.24) is 15.5 Å². The summed E-state index contributed by atoms with van der Waals surface area (Å²) < 4.78 is 5.51. The van der Waals surface area contributed by atoms with Gasteiger partial charge in [0.2, 0.25) is 0 Å². The van der Waals surface area contributed by atoms with Gasteiger partial charge in [-0.05, 0) is 33.0 Å². The largest absolute Gasteiger partial charge is 0.496 e. The van der Waals surface area contributed by atoms with E-state index < -0.39 is 0 Å². The van der Waals surface area contributed by atoms with Gasteiger partial charge in [0.05, 0.1) is 13.2 Å². The monoisotopic (exact) mass is 448 g/mol. The number of aliphatic imine (C=N–C) groups is 1. The molecule has 0 fully saturated rings. The quantitative estimate of drug-likeness (QED) is 0.383. The Morgan fingerprint density at radius 2 is 1.83 bits per heavy atom. The predicted octanol–water partition coefficient (Wildman–Crippen LogP) is 3.13. The highest BCUT2D eigenvalue weighted by molar-refractivity contribution is 14.0. The number of para-hydroxylation sites is 1. The van der Waals surface area contributed by atoms with Gasteiger partial charge in [-0.15, -0.1) is 24.0 Å². The van der Waals surface area contributed by atoms with Crippen LogP contribution in [0.15, 0.2) is 29.3 Å². The zero-order chi connectivity index (χ0) is 17.4. The first-order valence-corrected chi connectivity index (χ1v) is 8.17. The Hall–Kier alpha value is -1.02. The van der Waals surface area contributed by atoms with Crippen molar-refractivity contribution in [2.75, 3.05) is 34.8 Å². The Morgan fingerprint density at radius 1 is 1.21 bits per heavy atom. The molecule has 1 aromatic carbocycles. The first-order chi connectivity index (χ1) is 10.9. The second-order valence-corrected chi connectivity index (χ2v) is 6.35. The van der Waals surface area contributed by atoms with E-state index in [9.17, 15) is 0 Å². The van der Waals surface area contributed by atoms with Gasteiger partial charge in [-0.25, -0.2) is 0 Å². The van der Waals surface area contributed by atoms with Gasteiger partial charge in [-0.3, -0.25) is 4.99 Å². The van der Waals surface area contributed by atoms with Crippen LogP contribution in [0.3, 0.4) is 0 Å².